The van der Waals surface area contributed by atoms with Crippen molar-refractivity contribution in [2.75, 3.05) is 18.5 Å². The molecule has 3 aromatic carbocycles. The van der Waals surface area contributed by atoms with Gasteiger partial charge in [0.05, 0.1) is 18.8 Å². The zero-order valence-electron chi connectivity index (χ0n) is 24.7. The molecule has 2 amide bonds. The van der Waals surface area contributed by atoms with E-state index in [1.165, 1.54) is 28.5 Å². The molecule has 2 N–H and O–H groups in total. The number of alkyl halides is 3. The third-order valence-corrected chi connectivity index (χ3v) is 8.48. The van der Waals surface area contributed by atoms with E-state index >= 15 is 0 Å². The highest BCUT2D eigenvalue weighted by atomic mass is 19.4. The number of carbonyl (C=O) groups excluding carboxylic acids is 2. The maximum Gasteiger partial charge on any atom is 0.416 e. The second-order valence-corrected chi connectivity index (χ2v) is 11.4. The van der Waals surface area contributed by atoms with Crippen LogP contribution in [0.25, 0.3) is 11.1 Å². The first kappa shape index (κ1) is 30.5. The standard InChI is InChI=1S/C34H33F3N4O4/c1-41-21-29(40-31(42)28-5-3-2-4-27(28)25-10-12-26(13-11-25)34(35,36)37)39-30(41)32(43)38-20-22-6-8-23(9-7-22)24-14-16-33(17-15-24)44-18-19-45-33/h2-13,21,24H,14-20H2,1H3,(H,38,43)(H,40,42). The van der Waals surface area contributed by atoms with Crippen molar-refractivity contribution in [3.63, 3.8) is 0 Å². The number of carbonyl (C=O) groups is 2. The molecule has 4 aromatic rings. The van der Waals surface area contributed by atoms with Crippen molar-refractivity contribution in [2.45, 2.75) is 50.1 Å². The Balaban J connectivity index is 1.06. The molecule has 2 fully saturated rings. The van der Waals surface area contributed by atoms with Crippen molar-refractivity contribution >= 4 is 17.6 Å². The zero-order valence-corrected chi connectivity index (χ0v) is 24.7. The van der Waals surface area contributed by atoms with Crippen LogP contribution in [0.4, 0.5) is 19.0 Å². The molecule has 8 nitrogen and oxygen atoms in total. The molecule has 45 heavy (non-hydrogen) atoms. The topological polar surface area (TPSA) is 94.5 Å². The molecule has 1 aliphatic heterocycles. The molecule has 2 aliphatic rings. The number of hydrogen-bond acceptors (Lipinski definition) is 5. The van der Waals surface area contributed by atoms with Gasteiger partial charge in [0.15, 0.2) is 11.6 Å². The number of anilines is 1. The quantitative estimate of drug-likeness (QED) is 0.241. The Hall–Kier alpha value is -4.48. The van der Waals surface area contributed by atoms with E-state index in [4.69, 9.17) is 9.47 Å². The smallest absolute Gasteiger partial charge is 0.348 e. The van der Waals surface area contributed by atoms with Crippen LogP contribution in [-0.2, 0) is 29.2 Å². The van der Waals surface area contributed by atoms with Gasteiger partial charge in [0.2, 0.25) is 5.82 Å². The van der Waals surface area contributed by atoms with Crippen LogP contribution in [0.3, 0.4) is 0 Å². The van der Waals surface area contributed by atoms with Crippen molar-refractivity contribution < 1.29 is 32.2 Å². The largest absolute Gasteiger partial charge is 0.416 e. The molecule has 1 spiro atoms. The minimum Gasteiger partial charge on any atom is -0.348 e. The third-order valence-electron chi connectivity index (χ3n) is 8.48. The Labute approximate surface area is 258 Å². The van der Waals surface area contributed by atoms with Gasteiger partial charge in [-0.15, -0.1) is 0 Å². The van der Waals surface area contributed by atoms with Crippen LogP contribution in [0.1, 0.15) is 69.3 Å². The van der Waals surface area contributed by atoms with Gasteiger partial charge >= 0.3 is 6.18 Å². The van der Waals surface area contributed by atoms with Crippen LogP contribution < -0.4 is 10.6 Å². The second-order valence-electron chi connectivity index (χ2n) is 11.4. The number of amides is 2. The highest BCUT2D eigenvalue weighted by Crippen LogP contribution is 2.42. The van der Waals surface area contributed by atoms with E-state index in [1.54, 1.807) is 31.3 Å². The van der Waals surface area contributed by atoms with Crippen molar-refractivity contribution in [3.8, 4) is 11.1 Å². The minimum atomic E-state index is -4.46. The van der Waals surface area contributed by atoms with Crippen molar-refractivity contribution in [1.29, 1.82) is 0 Å². The van der Waals surface area contributed by atoms with Gasteiger partial charge in [-0.3, -0.25) is 9.59 Å². The number of aryl methyl sites for hydroxylation is 1. The van der Waals surface area contributed by atoms with E-state index in [0.29, 0.717) is 36.8 Å². The van der Waals surface area contributed by atoms with E-state index in [9.17, 15) is 22.8 Å². The molecule has 6 rings (SSSR count). The number of ether oxygens (including phenoxy) is 2. The summed E-state index contributed by atoms with van der Waals surface area (Å²) in [5.74, 6) is -0.551. The molecule has 1 saturated carbocycles. The molecule has 0 radical (unpaired) electrons. The maximum atomic E-state index is 13.2. The summed E-state index contributed by atoms with van der Waals surface area (Å²) >= 11 is 0. The fourth-order valence-corrected chi connectivity index (χ4v) is 6.04. The van der Waals surface area contributed by atoms with Crippen molar-refractivity contribution in [3.05, 3.63) is 107 Å². The van der Waals surface area contributed by atoms with Gasteiger partial charge in [-0.05, 0) is 59.2 Å². The van der Waals surface area contributed by atoms with Gasteiger partial charge < -0.3 is 24.7 Å². The summed E-state index contributed by atoms with van der Waals surface area (Å²) in [6.07, 6.45) is 0.881. The normalized spacial score (nSPS) is 16.5. The maximum absolute atomic E-state index is 13.2. The van der Waals surface area contributed by atoms with Gasteiger partial charge in [0.1, 0.15) is 0 Å². The van der Waals surface area contributed by atoms with Crippen LogP contribution in [0, 0.1) is 0 Å². The summed E-state index contributed by atoms with van der Waals surface area (Å²) in [6, 6.07) is 19.5. The fourth-order valence-electron chi connectivity index (χ4n) is 6.04. The van der Waals surface area contributed by atoms with Gasteiger partial charge in [-0.2, -0.15) is 13.2 Å². The number of nitrogens with one attached hydrogen (secondary N) is 2. The molecule has 2 heterocycles. The molecular weight excluding hydrogens is 585 g/mol. The highest BCUT2D eigenvalue weighted by molar-refractivity contribution is 6.08. The van der Waals surface area contributed by atoms with Gasteiger partial charge in [0.25, 0.3) is 11.8 Å². The molecule has 0 atom stereocenters. The van der Waals surface area contributed by atoms with E-state index in [0.717, 1.165) is 43.4 Å². The Morgan fingerprint density at radius 3 is 2.27 bits per heavy atom. The Morgan fingerprint density at radius 1 is 0.933 bits per heavy atom. The first-order valence-electron chi connectivity index (χ1n) is 14.9. The van der Waals surface area contributed by atoms with E-state index < -0.39 is 23.6 Å². The number of rotatable bonds is 7. The predicted octanol–water partition coefficient (Wildman–Crippen LogP) is 6.69. The number of nitrogens with zero attached hydrogens (tertiary/aromatic N) is 2. The second kappa shape index (κ2) is 12.5. The van der Waals surface area contributed by atoms with E-state index in [1.807, 2.05) is 12.1 Å². The Bertz CT molecular complexity index is 1670. The number of hydrogen-bond donors (Lipinski definition) is 2. The number of imidazole rings is 1. The average molecular weight is 619 g/mol. The van der Waals surface area contributed by atoms with E-state index in [2.05, 4.69) is 27.8 Å². The summed E-state index contributed by atoms with van der Waals surface area (Å²) in [6.45, 7) is 1.65. The lowest BCUT2D eigenvalue weighted by Gasteiger charge is -2.35. The first-order chi connectivity index (χ1) is 21.6. The minimum absolute atomic E-state index is 0.116. The zero-order chi connectivity index (χ0) is 31.6. The summed E-state index contributed by atoms with van der Waals surface area (Å²) in [7, 11) is 1.65. The van der Waals surface area contributed by atoms with Crippen LogP contribution >= 0.6 is 0 Å². The molecule has 1 aliphatic carbocycles. The lowest BCUT2D eigenvalue weighted by atomic mass is 9.81. The molecular formula is C34H33F3N4O4. The predicted molar refractivity (Wildman–Crippen MR) is 161 cm³/mol. The highest BCUT2D eigenvalue weighted by Gasteiger charge is 2.40. The van der Waals surface area contributed by atoms with E-state index in [-0.39, 0.29) is 23.0 Å². The lowest BCUT2D eigenvalue weighted by molar-refractivity contribution is -0.178. The van der Waals surface area contributed by atoms with Gasteiger partial charge in [-0.1, -0.05) is 54.6 Å². The van der Waals surface area contributed by atoms with Gasteiger partial charge in [0, 0.05) is 38.2 Å². The SMILES string of the molecule is Cn1cc(NC(=O)c2ccccc2-c2ccc(C(F)(F)F)cc2)nc1C(=O)NCc1ccc(C2CCC3(CC2)OCCO3)cc1. The summed E-state index contributed by atoms with van der Waals surface area (Å²) in [5.41, 5.74) is 2.63. The van der Waals surface area contributed by atoms with Crippen molar-refractivity contribution in [1.82, 2.24) is 14.9 Å². The molecule has 0 bridgehead atoms. The van der Waals surface area contributed by atoms with Crippen molar-refractivity contribution in [2.24, 2.45) is 7.05 Å². The number of halogens is 3. The molecule has 11 heteroatoms. The summed E-state index contributed by atoms with van der Waals surface area (Å²) in [4.78, 5) is 30.5. The monoisotopic (exact) mass is 618 g/mol. The molecule has 1 aromatic heterocycles. The fraction of sp³-hybridized carbons (Fsp3) is 0.324. The summed E-state index contributed by atoms with van der Waals surface area (Å²) in [5, 5.41) is 5.58. The van der Waals surface area contributed by atoms with Crippen LogP contribution in [0.15, 0.2) is 79.0 Å². The van der Waals surface area contributed by atoms with Crippen LogP contribution in [0.5, 0.6) is 0 Å². The summed E-state index contributed by atoms with van der Waals surface area (Å²) < 4.78 is 52.2. The van der Waals surface area contributed by atoms with Crippen LogP contribution in [0.2, 0.25) is 0 Å². The Kier molecular flexibility index (Phi) is 8.48. The molecule has 234 valence electrons. The Morgan fingerprint density at radius 2 is 1.60 bits per heavy atom. The third kappa shape index (κ3) is 6.79. The number of benzene rings is 3. The van der Waals surface area contributed by atoms with Crippen LogP contribution in [-0.4, -0.2) is 40.4 Å². The molecule has 1 saturated heterocycles. The lowest BCUT2D eigenvalue weighted by Crippen LogP contribution is -2.34. The average Bonchev–Trinajstić information content (AvgIpc) is 3.66. The number of aromatic nitrogens is 2. The molecule has 0 unspecified atom stereocenters. The van der Waals surface area contributed by atoms with Gasteiger partial charge in [-0.25, -0.2) is 4.98 Å². The first-order valence-corrected chi connectivity index (χ1v) is 14.9.